The number of hydrogen-bond acceptors (Lipinski definition) is 1. The normalized spacial score (nSPS) is 16.1. The Kier molecular flexibility index (Phi) is 4.31. The fourth-order valence-electron chi connectivity index (χ4n) is 0.134. The number of hydrogen-bond donors (Lipinski definition) is 0. The minimum Gasteiger partial charge on any atom is -0.141 e. The summed E-state index contributed by atoms with van der Waals surface area (Å²) in [5.74, 6) is 0. The van der Waals surface area contributed by atoms with Crippen LogP contribution in [0.5, 0.6) is 0 Å². The van der Waals surface area contributed by atoms with Crippen molar-refractivity contribution >= 4 is 58.2 Å². The van der Waals surface area contributed by atoms with Crippen LogP contribution < -0.4 is 0 Å². The molecule has 1 unspecified atom stereocenters. The van der Waals surface area contributed by atoms with Gasteiger partial charge in [0.15, 0.2) is 0 Å². The van der Waals surface area contributed by atoms with Crippen LogP contribution in [0.15, 0.2) is 0 Å². The van der Waals surface area contributed by atoms with Gasteiger partial charge in [0.25, 0.3) is 0 Å². The van der Waals surface area contributed by atoms with Gasteiger partial charge in [-0.15, -0.1) is 23.4 Å². The topological polar surface area (TPSA) is 0 Å². The van der Waals surface area contributed by atoms with Gasteiger partial charge in [0.2, 0.25) is 3.79 Å². The molecule has 0 radical (unpaired) electrons. The van der Waals surface area contributed by atoms with E-state index in [1.54, 1.807) is 6.26 Å². The Hall–Kier alpha value is 1.51. The van der Waals surface area contributed by atoms with Crippen LogP contribution in [-0.4, -0.2) is 14.8 Å². The third-order valence-corrected chi connectivity index (χ3v) is 3.47. The van der Waals surface area contributed by atoms with Crippen molar-refractivity contribution in [1.82, 2.24) is 0 Å². The molecule has 1 atom stereocenters. The highest BCUT2D eigenvalue weighted by molar-refractivity contribution is 8.00. The van der Waals surface area contributed by atoms with Crippen molar-refractivity contribution in [3.63, 3.8) is 0 Å². The van der Waals surface area contributed by atoms with Crippen LogP contribution in [0.4, 0.5) is 0 Å². The average molecular weight is 214 g/mol. The molecule has 0 spiro atoms. The van der Waals surface area contributed by atoms with Gasteiger partial charge in [-0.3, -0.25) is 0 Å². The second-order valence-electron chi connectivity index (χ2n) is 1.09. The lowest BCUT2D eigenvalue weighted by Gasteiger charge is -2.14. The maximum absolute atomic E-state index is 5.51. The Balaban J connectivity index is 3.62. The zero-order valence-corrected chi connectivity index (χ0v) is 7.84. The van der Waals surface area contributed by atoms with E-state index in [4.69, 9.17) is 46.4 Å². The van der Waals surface area contributed by atoms with Crippen molar-refractivity contribution < 1.29 is 0 Å². The Morgan fingerprint density at radius 3 is 1.75 bits per heavy atom. The number of halogens is 4. The molecule has 0 fully saturated rings. The number of alkyl halides is 4. The van der Waals surface area contributed by atoms with Gasteiger partial charge in [-0.25, -0.2) is 0 Å². The van der Waals surface area contributed by atoms with Gasteiger partial charge in [0.1, 0.15) is 4.71 Å². The summed E-state index contributed by atoms with van der Waals surface area (Å²) in [4.78, 5) is 0. The maximum atomic E-state index is 5.51. The quantitative estimate of drug-likeness (QED) is 0.603. The van der Waals surface area contributed by atoms with Crippen LogP contribution >= 0.6 is 58.2 Å². The van der Waals surface area contributed by atoms with Gasteiger partial charge in [0.05, 0.1) is 0 Å². The highest BCUT2D eigenvalue weighted by atomic mass is 35.6. The van der Waals surface area contributed by atoms with E-state index >= 15 is 0 Å². The molecule has 50 valence electrons. The lowest BCUT2D eigenvalue weighted by atomic mass is 10.9. The molecule has 0 rings (SSSR count). The van der Waals surface area contributed by atoms with Crippen LogP contribution in [-0.2, 0) is 0 Å². The first-order valence-electron chi connectivity index (χ1n) is 1.72. The van der Waals surface area contributed by atoms with Crippen LogP contribution in [0, 0.1) is 0 Å². The molecular weight excluding hydrogens is 210 g/mol. The smallest absolute Gasteiger partial charge is 0.141 e. The van der Waals surface area contributed by atoms with Crippen molar-refractivity contribution in [1.29, 1.82) is 0 Å². The average Bonchev–Trinajstić information content (AvgIpc) is 1.62. The first kappa shape index (κ1) is 9.51. The summed E-state index contributed by atoms with van der Waals surface area (Å²) >= 11 is 22.9. The molecule has 0 bridgehead atoms. The predicted octanol–water partition coefficient (Wildman–Crippen LogP) is 3.28. The molecule has 0 aromatic rings. The molecule has 0 heterocycles. The maximum Gasteiger partial charge on any atom is 0.215 e. The van der Waals surface area contributed by atoms with E-state index in [2.05, 4.69) is 0 Å². The van der Waals surface area contributed by atoms with E-state index < -0.39 is 8.50 Å². The third kappa shape index (κ3) is 3.52. The van der Waals surface area contributed by atoms with E-state index in [1.165, 1.54) is 11.8 Å². The molecule has 0 aromatic carbocycles. The fraction of sp³-hybridized carbons (Fsp3) is 1.00. The van der Waals surface area contributed by atoms with Gasteiger partial charge in [0, 0.05) is 0 Å². The summed E-state index contributed by atoms with van der Waals surface area (Å²) in [5.41, 5.74) is 0. The van der Waals surface area contributed by atoms with Gasteiger partial charge < -0.3 is 0 Å². The molecule has 0 saturated heterocycles. The molecule has 0 amide bonds. The van der Waals surface area contributed by atoms with Gasteiger partial charge in [-0.2, -0.15) is 0 Å². The van der Waals surface area contributed by atoms with Gasteiger partial charge in [-0.1, -0.05) is 34.8 Å². The van der Waals surface area contributed by atoms with Crippen LogP contribution in [0.25, 0.3) is 0 Å². The zero-order chi connectivity index (χ0) is 6.78. The third-order valence-electron chi connectivity index (χ3n) is 0.464. The van der Waals surface area contributed by atoms with E-state index in [-0.39, 0.29) is 0 Å². The summed E-state index contributed by atoms with van der Waals surface area (Å²) in [7, 11) is 0. The Morgan fingerprint density at radius 2 is 1.75 bits per heavy atom. The van der Waals surface area contributed by atoms with E-state index in [0.29, 0.717) is 0 Å². The van der Waals surface area contributed by atoms with E-state index in [1.807, 2.05) is 0 Å². The molecule has 0 aromatic heterocycles. The first-order chi connectivity index (χ1) is 3.48. The van der Waals surface area contributed by atoms with Crippen LogP contribution in [0.3, 0.4) is 0 Å². The molecule has 0 aliphatic heterocycles. The molecule has 5 heteroatoms. The van der Waals surface area contributed by atoms with Crippen LogP contribution in [0.2, 0.25) is 0 Å². The van der Waals surface area contributed by atoms with Crippen LogP contribution in [0.1, 0.15) is 0 Å². The van der Waals surface area contributed by atoms with Gasteiger partial charge >= 0.3 is 0 Å². The van der Waals surface area contributed by atoms with E-state index in [0.717, 1.165) is 0 Å². The molecule has 0 saturated carbocycles. The number of thioether (sulfide) groups is 1. The molecule has 0 aliphatic carbocycles. The zero-order valence-electron chi connectivity index (χ0n) is 4.00. The largest absolute Gasteiger partial charge is 0.215 e. The second-order valence-corrected chi connectivity index (χ2v) is 5.10. The Labute approximate surface area is 72.8 Å². The molecule has 0 aliphatic rings. The van der Waals surface area contributed by atoms with Gasteiger partial charge in [-0.05, 0) is 6.26 Å². The van der Waals surface area contributed by atoms with Crippen molar-refractivity contribution in [3.05, 3.63) is 0 Å². The highest BCUT2D eigenvalue weighted by Crippen LogP contribution is 2.38. The fourth-order valence-corrected chi connectivity index (χ4v) is 1.20. The van der Waals surface area contributed by atoms with E-state index in [9.17, 15) is 0 Å². The number of rotatable bonds is 1. The molecular formula is C3H4Cl4S. The van der Waals surface area contributed by atoms with Crippen molar-refractivity contribution in [2.45, 2.75) is 8.50 Å². The standard InChI is InChI=1S/C3H4Cl4S/c1-8-2(4)3(5,6)7/h2H,1H3. The van der Waals surface area contributed by atoms with Crippen molar-refractivity contribution in [3.8, 4) is 0 Å². The first-order valence-corrected chi connectivity index (χ1v) is 4.58. The monoisotopic (exact) mass is 212 g/mol. The van der Waals surface area contributed by atoms with Crippen molar-refractivity contribution in [2.24, 2.45) is 0 Å². The minimum absolute atomic E-state index is 0.465. The highest BCUT2D eigenvalue weighted by Gasteiger charge is 2.29. The van der Waals surface area contributed by atoms with Crippen molar-refractivity contribution in [2.75, 3.05) is 6.26 Å². The summed E-state index contributed by atoms with van der Waals surface area (Å²) in [6.45, 7) is 0. The summed E-state index contributed by atoms with van der Waals surface area (Å²) < 4.78 is -1.81. The molecule has 0 nitrogen and oxygen atoms in total. The molecule has 8 heavy (non-hydrogen) atoms. The minimum atomic E-state index is -1.35. The Bertz CT molecular complexity index is 68.2. The SMILES string of the molecule is CSC(Cl)C(Cl)(Cl)Cl. The Morgan fingerprint density at radius 1 is 1.38 bits per heavy atom. The predicted molar refractivity (Wildman–Crippen MR) is 43.4 cm³/mol. The second kappa shape index (κ2) is 3.62. The lowest BCUT2D eigenvalue weighted by molar-refractivity contribution is 1.21. The summed E-state index contributed by atoms with van der Waals surface area (Å²) in [5, 5.41) is 0. The lowest BCUT2D eigenvalue weighted by Crippen LogP contribution is -2.14. The molecule has 0 N–H and O–H groups in total. The summed E-state index contributed by atoms with van der Waals surface area (Å²) in [6, 6.07) is 0. The summed E-state index contributed by atoms with van der Waals surface area (Å²) in [6.07, 6.45) is 1.78.